The van der Waals surface area contributed by atoms with Crippen LogP contribution >= 0.6 is 11.6 Å². The van der Waals surface area contributed by atoms with Crippen LogP contribution in [0.1, 0.15) is 26.5 Å². The molecule has 1 aromatic carbocycles. The third-order valence-corrected chi connectivity index (χ3v) is 3.46. The lowest BCUT2D eigenvalue weighted by molar-refractivity contribution is 0.0526. The second kappa shape index (κ2) is 6.65. The Hall–Kier alpha value is -2.33. The summed E-state index contributed by atoms with van der Waals surface area (Å²) in [7, 11) is 0. The number of benzene rings is 1. The first-order valence-electron chi connectivity index (χ1n) is 7.17. The highest BCUT2D eigenvalue weighted by atomic mass is 35.5. The van der Waals surface area contributed by atoms with Gasteiger partial charge in [0.25, 0.3) is 0 Å². The fraction of sp³-hybridized carbons (Fsp3) is 0.375. The highest BCUT2D eigenvalue weighted by molar-refractivity contribution is 6.35. The topological polar surface area (TPSA) is 67.0 Å². The van der Waals surface area contributed by atoms with Gasteiger partial charge in [0.2, 0.25) is 0 Å². The van der Waals surface area contributed by atoms with Crippen LogP contribution in [0.15, 0.2) is 12.1 Å². The first kappa shape index (κ1) is 18.0. The zero-order valence-corrected chi connectivity index (χ0v) is 14.2. The van der Waals surface area contributed by atoms with Crippen LogP contribution in [0, 0.1) is 23.0 Å². The second-order valence-electron chi connectivity index (χ2n) is 6.14. The number of hydrogen-bond acceptors (Lipinski definition) is 3. The Labute approximate surface area is 142 Å². The van der Waals surface area contributed by atoms with E-state index in [1.165, 1.54) is 10.6 Å². The minimum Gasteiger partial charge on any atom is -0.444 e. The molecule has 0 bridgehead atoms. The molecule has 2 aromatic rings. The minimum atomic E-state index is -1.10. The summed E-state index contributed by atoms with van der Waals surface area (Å²) in [5.74, 6) is -2.19. The van der Waals surface area contributed by atoms with Gasteiger partial charge in [-0.15, -0.1) is 0 Å². The Balaban J connectivity index is 2.26. The van der Waals surface area contributed by atoms with Gasteiger partial charge in [-0.05, 0) is 32.9 Å². The van der Waals surface area contributed by atoms with Gasteiger partial charge in [-0.25, -0.2) is 13.6 Å². The molecule has 0 unspecified atom stereocenters. The predicted molar refractivity (Wildman–Crippen MR) is 85.8 cm³/mol. The van der Waals surface area contributed by atoms with Gasteiger partial charge in [0.1, 0.15) is 17.4 Å². The lowest BCUT2D eigenvalue weighted by atomic mass is 10.2. The summed E-state index contributed by atoms with van der Waals surface area (Å²) in [4.78, 5) is 11.6. The molecule has 1 amide bonds. The predicted octanol–water partition coefficient (Wildman–Crippen LogP) is 3.97. The summed E-state index contributed by atoms with van der Waals surface area (Å²) in [6.45, 7) is 5.29. The molecule has 5 nitrogen and oxygen atoms in total. The molecule has 0 aliphatic heterocycles. The van der Waals surface area contributed by atoms with Crippen molar-refractivity contribution in [2.75, 3.05) is 6.54 Å². The smallest absolute Gasteiger partial charge is 0.407 e. The number of rotatable bonds is 3. The van der Waals surface area contributed by atoms with Gasteiger partial charge in [0.05, 0.1) is 10.5 Å². The first-order valence-corrected chi connectivity index (χ1v) is 7.55. The highest BCUT2D eigenvalue weighted by Crippen LogP contribution is 2.30. The number of nitrogens with zero attached hydrogens (tertiary/aromatic N) is 2. The summed E-state index contributed by atoms with van der Waals surface area (Å²) in [6, 6.07) is 4.15. The Morgan fingerprint density at radius 1 is 1.42 bits per heavy atom. The number of nitriles is 1. The molecule has 24 heavy (non-hydrogen) atoms. The van der Waals surface area contributed by atoms with E-state index in [0.717, 1.165) is 6.07 Å². The molecule has 0 saturated carbocycles. The second-order valence-corrected chi connectivity index (χ2v) is 6.55. The number of alkyl carbamates (subject to hydrolysis) is 1. The molecular weight excluding hydrogens is 340 g/mol. The average molecular weight is 356 g/mol. The standard InChI is InChI=1S/C16H16ClF2N3O2/c1-16(2,3)24-15(23)21-4-5-22-9(8-20)6-10-11(17)7-12(18)13(19)14(10)22/h6-7H,4-5H2,1-3H3,(H,21,23). The fourth-order valence-electron chi connectivity index (χ4n) is 2.24. The van der Waals surface area contributed by atoms with Crippen LogP contribution in [0.4, 0.5) is 13.6 Å². The largest absolute Gasteiger partial charge is 0.444 e. The maximum absolute atomic E-state index is 14.1. The minimum absolute atomic E-state index is 0.0132. The number of amides is 1. The van der Waals surface area contributed by atoms with Gasteiger partial charge in [-0.1, -0.05) is 11.6 Å². The zero-order chi connectivity index (χ0) is 18.1. The third-order valence-electron chi connectivity index (χ3n) is 3.14. The van der Waals surface area contributed by atoms with Crippen molar-refractivity contribution in [1.29, 1.82) is 5.26 Å². The zero-order valence-electron chi connectivity index (χ0n) is 13.4. The van der Waals surface area contributed by atoms with E-state index in [2.05, 4.69) is 5.32 Å². The maximum Gasteiger partial charge on any atom is 0.407 e. The highest BCUT2D eigenvalue weighted by Gasteiger charge is 2.20. The van der Waals surface area contributed by atoms with Gasteiger partial charge in [-0.2, -0.15) is 5.26 Å². The van der Waals surface area contributed by atoms with E-state index < -0.39 is 23.3 Å². The van der Waals surface area contributed by atoms with Crippen molar-refractivity contribution in [3.05, 3.63) is 34.5 Å². The van der Waals surface area contributed by atoms with Crippen LogP contribution in [0.3, 0.4) is 0 Å². The van der Waals surface area contributed by atoms with Gasteiger partial charge in [-0.3, -0.25) is 0 Å². The van der Waals surface area contributed by atoms with Gasteiger partial charge >= 0.3 is 6.09 Å². The van der Waals surface area contributed by atoms with Crippen LogP contribution < -0.4 is 5.32 Å². The lowest BCUT2D eigenvalue weighted by Crippen LogP contribution is -2.34. The number of ether oxygens (including phenoxy) is 1. The fourth-order valence-corrected chi connectivity index (χ4v) is 2.48. The van der Waals surface area contributed by atoms with Crippen molar-refractivity contribution in [3.8, 4) is 6.07 Å². The van der Waals surface area contributed by atoms with Crippen LogP contribution in [-0.2, 0) is 11.3 Å². The summed E-state index contributed by atoms with van der Waals surface area (Å²) >= 11 is 5.91. The molecule has 8 heteroatoms. The molecule has 0 fully saturated rings. The Morgan fingerprint density at radius 2 is 2.08 bits per heavy atom. The summed E-state index contributed by atoms with van der Waals surface area (Å²) < 4.78 is 34.1. The molecule has 0 aliphatic carbocycles. The van der Waals surface area contributed by atoms with Crippen molar-refractivity contribution in [2.24, 2.45) is 0 Å². The number of aromatic nitrogens is 1. The van der Waals surface area contributed by atoms with E-state index >= 15 is 0 Å². The Kier molecular flexibility index (Phi) is 4.99. The number of fused-ring (bicyclic) bond motifs is 1. The normalized spacial score (nSPS) is 11.4. The van der Waals surface area contributed by atoms with Gasteiger partial charge in [0.15, 0.2) is 11.6 Å². The number of halogens is 3. The van der Waals surface area contributed by atoms with Gasteiger partial charge in [0, 0.05) is 18.5 Å². The molecular formula is C16H16ClF2N3O2. The summed E-state index contributed by atoms with van der Waals surface area (Å²) in [5, 5.41) is 11.9. The van der Waals surface area contributed by atoms with E-state index in [-0.39, 0.29) is 34.7 Å². The van der Waals surface area contributed by atoms with Crippen molar-refractivity contribution < 1.29 is 18.3 Å². The molecule has 1 heterocycles. The SMILES string of the molecule is CC(C)(C)OC(=O)NCCn1c(C#N)cc2c(Cl)cc(F)c(F)c21. The van der Waals surface area contributed by atoms with Crippen LogP contribution in [0.2, 0.25) is 5.02 Å². The third kappa shape index (κ3) is 3.77. The monoisotopic (exact) mass is 355 g/mol. The first-order chi connectivity index (χ1) is 11.1. The number of carbonyl (C=O) groups excluding carboxylic acids is 1. The van der Waals surface area contributed by atoms with Gasteiger partial charge < -0.3 is 14.6 Å². The van der Waals surface area contributed by atoms with E-state index in [1.54, 1.807) is 20.8 Å². The number of hydrogen-bond donors (Lipinski definition) is 1. The molecule has 0 radical (unpaired) electrons. The van der Waals surface area contributed by atoms with Crippen LogP contribution in [0.25, 0.3) is 10.9 Å². The maximum atomic E-state index is 14.1. The lowest BCUT2D eigenvalue weighted by Gasteiger charge is -2.19. The van der Waals surface area contributed by atoms with Crippen molar-refractivity contribution in [2.45, 2.75) is 32.9 Å². The summed E-state index contributed by atoms with van der Waals surface area (Å²) in [5.41, 5.74) is -0.643. The number of carbonyl (C=O) groups is 1. The molecule has 0 atom stereocenters. The van der Waals surface area contributed by atoms with E-state index in [1.807, 2.05) is 6.07 Å². The molecule has 128 valence electrons. The molecule has 0 spiro atoms. The van der Waals surface area contributed by atoms with Crippen LogP contribution in [0.5, 0.6) is 0 Å². The average Bonchev–Trinajstić information content (AvgIpc) is 2.82. The van der Waals surface area contributed by atoms with E-state index in [0.29, 0.717) is 0 Å². The molecule has 2 rings (SSSR count). The number of nitrogens with one attached hydrogen (secondary N) is 1. The molecule has 0 aliphatic rings. The van der Waals surface area contributed by atoms with Crippen molar-refractivity contribution in [3.63, 3.8) is 0 Å². The van der Waals surface area contributed by atoms with E-state index in [4.69, 9.17) is 16.3 Å². The Bertz CT molecular complexity index is 835. The summed E-state index contributed by atoms with van der Waals surface area (Å²) in [6.07, 6.45) is -0.637. The van der Waals surface area contributed by atoms with E-state index in [9.17, 15) is 18.8 Å². The molecule has 1 N–H and O–H groups in total. The quantitative estimate of drug-likeness (QED) is 0.847. The molecule has 0 saturated heterocycles. The van der Waals surface area contributed by atoms with Crippen LogP contribution in [-0.4, -0.2) is 22.8 Å². The molecule has 1 aromatic heterocycles. The van der Waals surface area contributed by atoms with Crippen molar-refractivity contribution >= 4 is 28.6 Å². The van der Waals surface area contributed by atoms with Crippen molar-refractivity contribution in [1.82, 2.24) is 9.88 Å². The Morgan fingerprint density at radius 3 is 2.67 bits per heavy atom.